The molecule has 0 bridgehead atoms. The van der Waals surface area contributed by atoms with Gasteiger partial charge in [-0.15, -0.1) is 0 Å². The molecule has 19 heavy (non-hydrogen) atoms. The van der Waals surface area contributed by atoms with Crippen LogP contribution in [0.3, 0.4) is 0 Å². The average Bonchev–Trinajstić information content (AvgIpc) is 2.79. The highest BCUT2D eigenvalue weighted by Crippen LogP contribution is 2.15. The van der Waals surface area contributed by atoms with E-state index in [-0.39, 0.29) is 12.3 Å². The Labute approximate surface area is 113 Å². The van der Waals surface area contributed by atoms with Crippen molar-refractivity contribution >= 4 is 11.9 Å². The van der Waals surface area contributed by atoms with Crippen molar-refractivity contribution in [2.75, 3.05) is 6.54 Å². The molecular formula is C14H21NO4. The van der Waals surface area contributed by atoms with E-state index in [2.05, 4.69) is 5.32 Å². The third-order valence-corrected chi connectivity index (χ3v) is 3.29. The van der Waals surface area contributed by atoms with Gasteiger partial charge in [0.2, 0.25) is 0 Å². The number of carboxylic acid groups (broad SMARTS) is 1. The summed E-state index contributed by atoms with van der Waals surface area (Å²) in [5, 5.41) is 11.5. The van der Waals surface area contributed by atoms with Gasteiger partial charge in [0.25, 0.3) is 5.91 Å². The quantitative estimate of drug-likeness (QED) is 0.758. The van der Waals surface area contributed by atoms with E-state index in [1.807, 2.05) is 6.92 Å². The second-order valence-corrected chi connectivity index (χ2v) is 4.64. The summed E-state index contributed by atoms with van der Waals surface area (Å²) in [6.45, 7) is 4.34. The summed E-state index contributed by atoms with van der Waals surface area (Å²) >= 11 is 0. The minimum absolute atomic E-state index is 0.140. The molecule has 5 nitrogen and oxygen atoms in total. The number of aryl methyl sites for hydroxylation is 1. The van der Waals surface area contributed by atoms with Gasteiger partial charge in [0.15, 0.2) is 0 Å². The summed E-state index contributed by atoms with van der Waals surface area (Å²) in [5.74, 6) is 0.0353. The van der Waals surface area contributed by atoms with Crippen molar-refractivity contribution in [2.45, 2.75) is 39.5 Å². The lowest BCUT2D eigenvalue weighted by Gasteiger charge is -2.13. The maximum absolute atomic E-state index is 11.8. The fraction of sp³-hybridized carbons (Fsp3) is 0.571. The summed E-state index contributed by atoms with van der Waals surface area (Å²) < 4.78 is 5.07. The van der Waals surface area contributed by atoms with E-state index >= 15 is 0 Å². The fourth-order valence-electron chi connectivity index (χ4n) is 1.99. The molecule has 1 rings (SSSR count). The van der Waals surface area contributed by atoms with Crippen LogP contribution in [-0.2, 0) is 4.79 Å². The topological polar surface area (TPSA) is 79.5 Å². The van der Waals surface area contributed by atoms with Gasteiger partial charge in [-0.3, -0.25) is 9.59 Å². The highest BCUT2D eigenvalue weighted by molar-refractivity contribution is 5.94. The lowest BCUT2D eigenvalue weighted by atomic mass is 9.96. The van der Waals surface area contributed by atoms with Crippen LogP contribution in [0.5, 0.6) is 0 Å². The van der Waals surface area contributed by atoms with Crippen molar-refractivity contribution in [3.63, 3.8) is 0 Å². The lowest BCUT2D eigenvalue weighted by Crippen LogP contribution is -2.26. The van der Waals surface area contributed by atoms with Gasteiger partial charge in [0.05, 0.1) is 11.8 Å². The smallest absolute Gasteiger partial charge is 0.303 e. The molecule has 0 aliphatic heterocycles. The van der Waals surface area contributed by atoms with E-state index in [4.69, 9.17) is 9.52 Å². The number of furan rings is 1. The SMILES string of the molecule is CCC(CCNC(=O)c1ccoc1C)CCC(=O)O. The van der Waals surface area contributed by atoms with Gasteiger partial charge in [-0.1, -0.05) is 13.3 Å². The predicted molar refractivity (Wildman–Crippen MR) is 71.0 cm³/mol. The van der Waals surface area contributed by atoms with E-state index in [0.717, 1.165) is 12.8 Å². The molecule has 2 N–H and O–H groups in total. The van der Waals surface area contributed by atoms with E-state index in [1.165, 1.54) is 6.26 Å². The van der Waals surface area contributed by atoms with Crippen molar-refractivity contribution in [3.8, 4) is 0 Å². The predicted octanol–water partition coefficient (Wildman–Crippen LogP) is 2.60. The molecule has 0 saturated carbocycles. The molecule has 1 aromatic rings. The third kappa shape index (κ3) is 5.16. The van der Waals surface area contributed by atoms with Crippen molar-refractivity contribution in [1.29, 1.82) is 0 Å². The zero-order valence-corrected chi connectivity index (χ0v) is 11.4. The number of rotatable bonds is 8. The number of hydrogen-bond donors (Lipinski definition) is 2. The molecule has 0 aromatic carbocycles. The molecule has 0 radical (unpaired) electrons. The number of hydrogen-bond acceptors (Lipinski definition) is 3. The Morgan fingerprint density at radius 1 is 1.42 bits per heavy atom. The zero-order chi connectivity index (χ0) is 14.3. The van der Waals surface area contributed by atoms with Crippen molar-refractivity contribution < 1.29 is 19.1 Å². The van der Waals surface area contributed by atoms with Gasteiger partial charge < -0.3 is 14.8 Å². The van der Waals surface area contributed by atoms with Crippen LogP contribution in [0.4, 0.5) is 0 Å². The first-order chi connectivity index (χ1) is 9.04. The normalized spacial score (nSPS) is 12.1. The maximum Gasteiger partial charge on any atom is 0.303 e. The molecule has 106 valence electrons. The van der Waals surface area contributed by atoms with Crippen LogP contribution in [0.1, 0.15) is 48.7 Å². The van der Waals surface area contributed by atoms with Gasteiger partial charge in [-0.05, 0) is 31.7 Å². The minimum Gasteiger partial charge on any atom is -0.481 e. The molecule has 1 amide bonds. The number of carbonyl (C=O) groups is 2. The minimum atomic E-state index is -0.767. The van der Waals surface area contributed by atoms with Crippen LogP contribution in [0.15, 0.2) is 16.7 Å². The van der Waals surface area contributed by atoms with E-state index < -0.39 is 5.97 Å². The molecular weight excluding hydrogens is 246 g/mol. The Morgan fingerprint density at radius 3 is 2.68 bits per heavy atom. The average molecular weight is 267 g/mol. The molecule has 0 spiro atoms. The number of carbonyl (C=O) groups excluding carboxylic acids is 1. The molecule has 0 saturated heterocycles. The van der Waals surface area contributed by atoms with Gasteiger partial charge in [-0.2, -0.15) is 0 Å². The summed E-state index contributed by atoms with van der Waals surface area (Å²) in [6.07, 6.45) is 4.06. The molecule has 0 aliphatic rings. The Balaban J connectivity index is 2.30. The van der Waals surface area contributed by atoms with Gasteiger partial charge in [-0.25, -0.2) is 0 Å². The molecule has 5 heteroatoms. The van der Waals surface area contributed by atoms with Gasteiger partial charge >= 0.3 is 5.97 Å². The Morgan fingerprint density at radius 2 is 2.16 bits per heavy atom. The van der Waals surface area contributed by atoms with Crippen molar-refractivity contribution in [3.05, 3.63) is 23.7 Å². The molecule has 1 aromatic heterocycles. The highest BCUT2D eigenvalue weighted by Gasteiger charge is 2.12. The molecule has 0 fully saturated rings. The van der Waals surface area contributed by atoms with Gasteiger partial charge in [0, 0.05) is 13.0 Å². The fourth-order valence-corrected chi connectivity index (χ4v) is 1.99. The summed E-state index contributed by atoms with van der Waals surface area (Å²) in [4.78, 5) is 22.3. The van der Waals surface area contributed by atoms with Crippen LogP contribution in [0, 0.1) is 12.8 Å². The summed E-state index contributed by atoms with van der Waals surface area (Å²) in [5.41, 5.74) is 0.554. The zero-order valence-electron chi connectivity index (χ0n) is 11.4. The second kappa shape index (κ2) is 7.61. The van der Waals surface area contributed by atoms with Crippen molar-refractivity contribution in [2.24, 2.45) is 5.92 Å². The lowest BCUT2D eigenvalue weighted by molar-refractivity contribution is -0.137. The first-order valence-corrected chi connectivity index (χ1v) is 6.58. The van der Waals surface area contributed by atoms with E-state index in [1.54, 1.807) is 13.0 Å². The first-order valence-electron chi connectivity index (χ1n) is 6.58. The Hall–Kier alpha value is -1.78. The van der Waals surface area contributed by atoms with Crippen LogP contribution >= 0.6 is 0 Å². The van der Waals surface area contributed by atoms with Crippen LogP contribution in [-0.4, -0.2) is 23.5 Å². The molecule has 1 heterocycles. The second-order valence-electron chi connectivity index (χ2n) is 4.64. The Bertz CT molecular complexity index is 425. The summed E-state index contributed by atoms with van der Waals surface area (Å²) in [6, 6.07) is 1.65. The number of nitrogens with one attached hydrogen (secondary N) is 1. The largest absolute Gasteiger partial charge is 0.481 e. The maximum atomic E-state index is 11.8. The number of carboxylic acids is 1. The number of amides is 1. The monoisotopic (exact) mass is 267 g/mol. The Kier molecular flexibility index (Phi) is 6.12. The third-order valence-electron chi connectivity index (χ3n) is 3.29. The van der Waals surface area contributed by atoms with Crippen LogP contribution in [0.2, 0.25) is 0 Å². The summed E-state index contributed by atoms with van der Waals surface area (Å²) in [7, 11) is 0. The van der Waals surface area contributed by atoms with E-state index in [9.17, 15) is 9.59 Å². The van der Waals surface area contributed by atoms with Crippen LogP contribution < -0.4 is 5.32 Å². The van der Waals surface area contributed by atoms with Crippen molar-refractivity contribution in [1.82, 2.24) is 5.32 Å². The first kappa shape index (κ1) is 15.3. The number of aliphatic carboxylic acids is 1. The van der Waals surface area contributed by atoms with E-state index in [0.29, 0.717) is 30.2 Å². The highest BCUT2D eigenvalue weighted by atomic mass is 16.4. The molecule has 0 aliphatic carbocycles. The molecule has 1 atom stereocenters. The van der Waals surface area contributed by atoms with Gasteiger partial charge in [0.1, 0.15) is 5.76 Å². The standard InChI is InChI=1S/C14H21NO4/c1-3-11(4-5-13(16)17)6-8-15-14(18)12-7-9-19-10(12)2/h7,9,11H,3-6,8H2,1-2H3,(H,15,18)(H,16,17). The molecule has 1 unspecified atom stereocenters. The van der Waals surface area contributed by atoms with Crippen LogP contribution in [0.25, 0.3) is 0 Å².